The first-order valence-corrected chi connectivity index (χ1v) is 9.21. The van der Waals surface area contributed by atoms with Crippen LogP contribution in [-0.4, -0.2) is 58.6 Å². The van der Waals surface area contributed by atoms with Gasteiger partial charge in [0, 0.05) is 48.2 Å². The number of nitrogens with zero attached hydrogens (tertiary/aromatic N) is 2. The molecule has 1 saturated heterocycles. The first-order valence-electron chi connectivity index (χ1n) is 9.21. The van der Waals surface area contributed by atoms with Gasteiger partial charge >= 0.3 is 0 Å². The molecule has 1 aromatic heterocycles. The second-order valence-electron chi connectivity index (χ2n) is 6.96. The van der Waals surface area contributed by atoms with E-state index in [1.165, 1.54) is 0 Å². The zero-order chi connectivity index (χ0) is 19.3. The van der Waals surface area contributed by atoms with Gasteiger partial charge in [-0.25, -0.2) is 4.99 Å². The number of para-hydroxylation sites is 1. The molecule has 3 aromatic rings. The smallest absolute Gasteiger partial charge is 0.253 e. The van der Waals surface area contributed by atoms with E-state index in [-0.39, 0.29) is 23.3 Å². The molecule has 3 N–H and O–H groups in total. The second-order valence-corrected chi connectivity index (χ2v) is 6.96. The Morgan fingerprint density at radius 3 is 2.68 bits per heavy atom. The molecule has 0 unspecified atom stereocenters. The highest BCUT2D eigenvalue weighted by molar-refractivity contribution is 6.56. The molecule has 0 saturated carbocycles. The number of carbonyl (C=O) groups is 2. The van der Waals surface area contributed by atoms with E-state index >= 15 is 0 Å². The van der Waals surface area contributed by atoms with E-state index in [0.717, 1.165) is 13.1 Å². The molecule has 1 fully saturated rings. The van der Waals surface area contributed by atoms with Gasteiger partial charge in [-0.2, -0.15) is 0 Å². The van der Waals surface area contributed by atoms with E-state index in [4.69, 9.17) is 0 Å². The Bertz CT molecular complexity index is 1160. The first kappa shape index (κ1) is 16.7. The topological polar surface area (TPSA) is 97.8 Å². The molecule has 0 bridgehead atoms. The van der Waals surface area contributed by atoms with Gasteiger partial charge in [0.15, 0.2) is 5.88 Å². The van der Waals surface area contributed by atoms with E-state index in [2.05, 4.69) is 15.3 Å². The van der Waals surface area contributed by atoms with Crippen LogP contribution in [0, 0.1) is 0 Å². The van der Waals surface area contributed by atoms with E-state index in [1.807, 2.05) is 6.07 Å². The Balaban J connectivity index is 1.60. The minimum atomic E-state index is -0.231. The fraction of sp³-hybridized carbons (Fsp3) is 0.190. The van der Waals surface area contributed by atoms with Crippen molar-refractivity contribution in [2.45, 2.75) is 0 Å². The largest absolute Gasteiger partial charge is 0.494 e. The summed E-state index contributed by atoms with van der Waals surface area (Å²) in [6.07, 6.45) is 0. The predicted molar refractivity (Wildman–Crippen MR) is 106 cm³/mol. The summed E-state index contributed by atoms with van der Waals surface area (Å²) in [5, 5.41) is 14.3. The van der Waals surface area contributed by atoms with Crippen molar-refractivity contribution >= 4 is 34.0 Å². The van der Waals surface area contributed by atoms with Crippen LogP contribution in [0.1, 0.15) is 26.3 Å². The van der Waals surface area contributed by atoms with Gasteiger partial charge in [-0.3, -0.25) is 9.59 Å². The molecule has 1 amide bonds. The molecule has 2 aliphatic heterocycles. The highest BCUT2D eigenvalue weighted by Gasteiger charge is 2.30. The first-order chi connectivity index (χ1) is 13.6. The molecule has 3 heterocycles. The number of hydrogen-bond donors (Lipinski definition) is 3. The molecule has 0 spiro atoms. The van der Waals surface area contributed by atoms with Crippen molar-refractivity contribution in [3.05, 3.63) is 59.2 Å². The van der Waals surface area contributed by atoms with Crippen LogP contribution in [0.2, 0.25) is 0 Å². The van der Waals surface area contributed by atoms with Gasteiger partial charge in [0.25, 0.3) is 5.91 Å². The maximum absolute atomic E-state index is 12.9. The van der Waals surface area contributed by atoms with Crippen molar-refractivity contribution < 1.29 is 14.7 Å². The van der Waals surface area contributed by atoms with E-state index in [9.17, 15) is 14.7 Å². The molecular formula is C21H18N4O3. The third-order valence-corrected chi connectivity index (χ3v) is 5.26. The number of carbonyl (C=O) groups excluding carboxylic acids is 2. The van der Waals surface area contributed by atoms with Crippen molar-refractivity contribution in [1.29, 1.82) is 0 Å². The van der Waals surface area contributed by atoms with Gasteiger partial charge in [0.05, 0.1) is 11.3 Å². The minimum absolute atomic E-state index is 0.0574. The number of aromatic amines is 1. The van der Waals surface area contributed by atoms with Gasteiger partial charge < -0.3 is 20.3 Å². The van der Waals surface area contributed by atoms with Crippen LogP contribution in [-0.2, 0) is 0 Å². The molecule has 5 rings (SSSR count). The summed E-state index contributed by atoms with van der Waals surface area (Å²) in [5.41, 5.74) is 2.81. The molecule has 7 heteroatoms. The molecule has 7 nitrogen and oxygen atoms in total. The van der Waals surface area contributed by atoms with Crippen molar-refractivity contribution in [2.24, 2.45) is 4.99 Å². The van der Waals surface area contributed by atoms with Crippen molar-refractivity contribution in [3.63, 3.8) is 0 Å². The second kappa shape index (κ2) is 6.31. The van der Waals surface area contributed by atoms with E-state index in [1.54, 1.807) is 41.3 Å². The quantitative estimate of drug-likeness (QED) is 0.641. The predicted octanol–water partition coefficient (Wildman–Crippen LogP) is 2.24. The summed E-state index contributed by atoms with van der Waals surface area (Å²) in [6, 6.07) is 12.3. The van der Waals surface area contributed by atoms with Crippen LogP contribution in [0.4, 0.5) is 5.69 Å². The van der Waals surface area contributed by atoms with Gasteiger partial charge in [-0.15, -0.1) is 0 Å². The fourth-order valence-electron chi connectivity index (χ4n) is 3.83. The van der Waals surface area contributed by atoms with Gasteiger partial charge in [-0.05, 0) is 30.3 Å². The molecule has 140 valence electrons. The number of nitrogens with one attached hydrogen (secondary N) is 2. The molecule has 0 atom stereocenters. The van der Waals surface area contributed by atoms with Gasteiger partial charge in [0.1, 0.15) is 5.71 Å². The number of amides is 1. The lowest BCUT2D eigenvalue weighted by atomic mass is 10.0. The molecular weight excluding hydrogens is 356 g/mol. The lowest BCUT2D eigenvalue weighted by molar-refractivity contribution is 0.0736. The minimum Gasteiger partial charge on any atom is -0.494 e. The van der Waals surface area contributed by atoms with Crippen LogP contribution in [0.15, 0.2) is 47.5 Å². The number of ketones is 1. The number of hydrogen-bond acceptors (Lipinski definition) is 5. The highest BCUT2D eigenvalue weighted by atomic mass is 16.3. The maximum atomic E-state index is 12.9. The van der Waals surface area contributed by atoms with Crippen LogP contribution in [0.25, 0.3) is 10.9 Å². The van der Waals surface area contributed by atoms with E-state index in [0.29, 0.717) is 46.4 Å². The number of H-pyrrole nitrogens is 1. The average Bonchev–Trinajstić information content (AvgIpc) is 3.23. The number of benzene rings is 2. The van der Waals surface area contributed by atoms with Crippen LogP contribution in [0.5, 0.6) is 5.88 Å². The summed E-state index contributed by atoms with van der Waals surface area (Å²) in [4.78, 5) is 34.8. The third kappa shape index (κ3) is 2.51. The van der Waals surface area contributed by atoms with Crippen LogP contribution in [0.3, 0.4) is 0 Å². The van der Waals surface area contributed by atoms with Crippen molar-refractivity contribution in [1.82, 2.24) is 15.2 Å². The third-order valence-electron chi connectivity index (χ3n) is 5.26. The normalized spacial score (nSPS) is 16.4. The Morgan fingerprint density at radius 2 is 1.89 bits per heavy atom. The Morgan fingerprint density at radius 1 is 1.11 bits per heavy atom. The van der Waals surface area contributed by atoms with Gasteiger partial charge in [-0.1, -0.05) is 12.1 Å². The number of fused-ring (bicyclic) bond motifs is 2. The Kier molecular flexibility index (Phi) is 3.77. The standard InChI is InChI=1S/C21H18N4O3/c26-19-13-3-1-2-4-15(13)23-18(19)17-14-11-12(5-6-16(14)24-20(17)27)21(28)25-9-7-22-8-10-25/h1-6,11,22,24,27H,7-10H2. The maximum Gasteiger partial charge on any atom is 0.253 e. The number of aliphatic imine (C=N–C) groups is 1. The monoisotopic (exact) mass is 374 g/mol. The van der Waals surface area contributed by atoms with Crippen LogP contribution < -0.4 is 5.32 Å². The average molecular weight is 374 g/mol. The van der Waals surface area contributed by atoms with Gasteiger partial charge in [0.2, 0.25) is 5.78 Å². The number of Topliss-reactive ketones (excluding diaryl/α,β-unsaturated/α-hetero) is 1. The Labute approximate surface area is 160 Å². The molecule has 28 heavy (non-hydrogen) atoms. The van der Waals surface area contributed by atoms with Crippen molar-refractivity contribution in [2.75, 3.05) is 26.2 Å². The number of aromatic hydroxyl groups is 1. The fourth-order valence-corrected chi connectivity index (χ4v) is 3.83. The lowest BCUT2D eigenvalue weighted by Crippen LogP contribution is -2.46. The number of rotatable bonds is 2. The highest BCUT2D eigenvalue weighted by Crippen LogP contribution is 2.35. The van der Waals surface area contributed by atoms with Crippen molar-refractivity contribution in [3.8, 4) is 5.88 Å². The molecule has 2 aliphatic rings. The molecule has 0 radical (unpaired) electrons. The summed E-state index contributed by atoms with van der Waals surface area (Å²) >= 11 is 0. The van der Waals surface area contributed by atoms with Crippen LogP contribution >= 0.6 is 0 Å². The van der Waals surface area contributed by atoms with E-state index < -0.39 is 0 Å². The SMILES string of the molecule is O=C1C(c2c(O)[nH]c3ccc(C(=O)N4CCNCC4)cc23)=Nc2ccccc21. The summed E-state index contributed by atoms with van der Waals surface area (Å²) < 4.78 is 0. The molecule has 2 aromatic carbocycles. The number of aromatic nitrogens is 1. The number of piperazine rings is 1. The summed E-state index contributed by atoms with van der Waals surface area (Å²) in [6.45, 7) is 2.85. The Hall–Kier alpha value is -3.45. The molecule has 0 aliphatic carbocycles. The zero-order valence-electron chi connectivity index (χ0n) is 15.0. The zero-order valence-corrected chi connectivity index (χ0v) is 15.0. The lowest BCUT2D eigenvalue weighted by Gasteiger charge is -2.27. The summed E-state index contributed by atoms with van der Waals surface area (Å²) in [7, 11) is 0. The summed E-state index contributed by atoms with van der Waals surface area (Å²) in [5.74, 6) is -0.412.